The monoisotopic (exact) mass is 460 g/mol. The van der Waals surface area contributed by atoms with Gasteiger partial charge in [0.05, 0.1) is 30.5 Å². The van der Waals surface area contributed by atoms with Crippen molar-refractivity contribution >= 4 is 22.9 Å². The van der Waals surface area contributed by atoms with Crippen LogP contribution in [0.2, 0.25) is 0 Å². The van der Waals surface area contributed by atoms with Gasteiger partial charge in [0.25, 0.3) is 5.91 Å². The van der Waals surface area contributed by atoms with Crippen LogP contribution in [-0.4, -0.2) is 25.1 Å². The summed E-state index contributed by atoms with van der Waals surface area (Å²) < 4.78 is 6.75. The number of benzene rings is 3. The number of rotatable bonds is 6. The van der Waals surface area contributed by atoms with Gasteiger partial charge < -0.3 is 14.5 Å². The van der Waals surface area contributed by atoms with E-state index in [0.717, 1.165) is 53.0 Å². The van der Waals surface area contributed by atoms with Crippen molar-refractivity contribution in [1.29, 1.82) is 0 Å². The predicted octanol–water partition coefficient (Wildman–Crippen LogP) is 5.53. The number of carbonyl (C=O) groups is 1. The minimum absolute atomic E-state index is 0.0262. The van der Waals surface area contributed by atoms with Gasteiger partial charge in [0.15, 0.2) is 0 Å². The first-order valence-electron chi connectivity index (χ1n) is 12.3. The van der Waals surface area contributed by atoms with Gasteiger partial charge in [0.1, 0.15) is 5.60 Å². The van der Waals surface area contributed by atoms with Gasteiger partial charge in [-0.05, 0) is 42.2 Å². The molecule has 0 unspecified atom stereocenters. The molecule has 0 spiro atoms. The van der Waals surface area contributed by atoms with Crippen LogP contribution in [0.3, 0.4) is 0 Å². The summed E-state index contributed by atoms with van der Waals surface area (Å²) in [5, 5.41) is 0. The quantitative estimate of drug-likeness (QED) is 0.358. The molecule has 6 rings (SSSR count). The smallest absolute Gasteiger partial charge is 0.259 e. The zero-order valence-corrected chi connectivity index (χ0v) is 19.7. The maximum absolute atomic E-state index is 14.1. The average Bonchev–Trinajstić information content (AvgIpc) is 3.46. The van der Waals surface area contributed by atoms with Crippen LogP contribution in [0.4, 0.5) is 11.4 Å². The molecule has 0 aliphatic carbocycles. The average molecular weight is 461 g/mol. The summed E-state index contributed by atoms with van der Waals surface area (Å²) in [4.78, 5) is 18.4. The molecule has 1 fully saturated rings. The molecule has 174 valence electrons. The molecule has 2 atom stereocenters. The highest BCUT2D eigenvalue weighted by atomic mass is 16.5. The lowest BCUT2D eigenvalue weighted by Crippen LogP contribution is -2.48. The summed E-state index contributed by atoms with van der Waals surface area (Å²) in [5.74, 6) is 2.74. The van der Waals surface area contributed by atoms with Crippen molar-refractivity contribution in [3.8, 4) is 12.3 Å². The number of terminal acetylenes is 1. The fourth-order valence-electron chi connectivity index (χ4n) is 5.97. The molecule has 0 radical (unpaired) electrons. The number of hydrogen-bond acceptors (Lipinski definition) is 3. The number of ether oxygens (including phenoxy) is 1. The topological polar surface area (TPSA) is 32.8 Å². The Morgan fingerprint density at radius 1 is 0.971 bits per heavy atom. The zero-order valence-electron chi connectivity index (χ0n) is 19.7. The second-order valence-corrected chi connectivity index (χ2v) is 9.42. The highest BCUT2D eigenvalue weighted by Crippen LogP contribution is 2.52. The fraction of sp³-hybridized carbons (Fsp3) is 0.258. The Hall–Kier alpha value is -3.81. The Labute approximate surface area is 206 Å². The summed E-state index contributed by atoms with van der Waals surface area (Å²) in [6.07, 6.45) is 10.3. The lowest BCUT2D eigenvalue weighted by molar-refractivity contribution is -0.113. The maximum atomic E-state index is 14.1. The molecular formula is C31H28N2O2. The molecule has 3 aromatic rings. The highest BCUT2D eigenvalue weighted by Gasteiger charge is 2.51. The molecule has 3 aromatic carbocycles. The summed E-state index contributed by atoms with van der Waals surface area (Å²) in [6, 6.07) is 26.9. The van der Waals surface area contributed by atoms with Crippen LogP contribution in [0.1, 0.15) is 36.0 Å². The van der Waals surface area contributed by atoms with Gasteiger partial charge in [-0.1, -0.05) is 66.7 Å². The molecule has 0 N–H and O–H groups in total. The molecule has 3 heterocycles. The van der Waals surface area contributed by atoms with E-state index in [2.05, 4.69) is 59.4 Å². The molecule has 3 aliphatic heterocycles. The van der Waals surface area contributed by atoms with Crippen LogP contribution < -0.4 is 9.80 Å². The van der Waals surface area contributed by atoms with E-state index in [1.54, 1.807) is 0 Å². The van der Waals surface area contributed by atoms with Gasteiger partial charge in [-0.3, -0.25) is 4.79 Å². The Morgan fingerprint density at radius 2 is 1.71 bits per heavy atom. The van der Waals surface area contributed by atoms with Crippen molar-refractivity contribution in [3.63, 3.8) is 0 Å². The Bertz CT molecular complexity index is 1330. The normalized spacial score (nSPS) is 22.3. The molecule has 0 aromatic heterocycles. The minimum atomic E-state index is -0.765. The minimum Gasteiger partial charge on any atom is -0.364 e. The van der Waals surface area contributed by atoms with Gasteiger partial charge in [-0.15, -0.1) is 12.3 Å². The Balaban J connectivity index is 1.55. The number of anilines is 2. The predicted molar refractivity (Wildman–Crippen MR) is 140 cm³/mol. The largest absolute Gasteiger partial charge is 0.364 e. The number of hydrogen-bond donors (Lipinski definition) is 0. The molecule has 4 heteroatoms. The van der Waals surface area contributed by atoms with Crippen LogP contribution in [0.15, 0.2) is 84.9 Å². The van der Waals surface area contributed by atoms with Gasteiger partial charge in [-0.2, -0.15) is 0 Å². The number of amides is 1. The van der Waals surface area contributed by atoms with E-state index >= 15 is 0 Å². The Kier molecular flexibility index (Phi) is 5.43. The second kappa shape index (κ2) is 8.76. The van der Waals surface area contributed by atoms with Gasteiger partial charge >= 0.3 is 0 Å². The van der Waals surface area contributed by atoms with Crippen molar-refractivity contribution in [2.45, 2.75) is 37.5 Å². The molecular weight excluding hydrogens is 432 g/mol. The van der Waals surface area contributed by atoms with Crippen molar-refractivity contribution in [2.24, 2.45) is 0 Å². The third kappa shape index (κ3) is 3.47. The zero-order chi connectivity index (χ0) is 23.8. The van der Waals surface area contributed by atoms with Crippen molar-refractivity contribution in [3.05, 3.63) is 102 Å². The first-order chi connectivity index (χ1) is 17.2. The van der Waals surface area contributed by atoms with Crippen LogP contribution in [0.25, 0.3) is 5.57 Å². The molecule has 35 heavy (non-hydrogen) atoms. The lowest BCUT2D eigenvalue weighted by Gasteiger charge is -2.41. The van der Waals surface area contributed by atoms with Crippen LogP contribution in [-0.2, 0) is 21.7 Å². The molecule has 1 saturated heterocycles. The molecule has 1 amide bonds. The number of nitrogens with zero attached hydrogens (tertiary/aromatic N) is 2. The molecule has 3 aliphatic rings. The number of fused-ring (bicyclic) bond motifs is 2. The molecule has 0 bridgehead atoms. The van der Waals surface area contributed by atoms with Gasteiger partial charge in [0.2, 0.25) is 0 Å². The lowest BCUT2D eigenvalue weighted by atomic mass is 9.83. The van der Waals surface area contributed by atoms with E-state index < -0.39 is 5.60 Å². The summed E-state index contributed by atoms with van der Waals surface area (Å²) >= 11 is 0. The molecule has 0 saturated carbocycles. The summed E-state index contributed by atoms with van der Waals surface area (Å²) in [7, 11) is 0. The summed E-state index contributed by atoms with van der Waals surface area (Å²) in [6.45, 7) is 1.90. The van der Waals surface area contributed by atoms with E-state index in [4.69, 9.17) is 11.2 Å². The molecule has 4 nitrogen and oxygen atoms in total. The van der Waals surface area contributed by atoms with Crippen molar-refractivity contribution < 1.29 is 9.53 Å². The first kappa shape index (κ1) is 21.7. The van der Waals surface area contributed by atoms with Gasteiger partial charge in [0, 0.05) is 24.2 Å². The van der Waals surface area contributed by atoms with Gasteiger partial charge in [-0.25, -0.2) is 0 Å². The van der Waals surface area contributed by atoms with Crippen molar-refractivity contribution in [2.75, 3.05) is 23.0 Å². The fourth-order valence-corrected chi connectivity index (χ4v) is 5.97. The number of carbonyl (C=O) groups excluding carboxylic acids is 1. The van der Waals surface area contributed by atoms with Crippen LogP contribution in [0.5, 0.6) is 0 Å². The van der Waals surface area contributed by atoms with E-state index in [1.807, 2.05) is 41.3 Å². The third-order valence-corrected chi connectivity index (χ3v) is 7.47. The van der Waals surface area contributed by atoms with E-state index in [-0.39, 0.29) is 11.9 Å². The highest BCUT2D eigenvalue weighted by molar-refractivity contribution is 6.34. The van der Waals surface area contributed by atoms with E-state index in [0.29, 0.717) is 19.6 Å². The summed E-state index contributed by atoms with van der Waals surface area (Å²) in [5.41, 5.74) is 5.25. The first-order valence-corrected chi connectivity index (χ1v) is 12.3. The third-order valence-electron chi connectivity index (χ3n) is 7.47. The van der Waals surface area contributed by atoms with E-state index in [9.17, 15) is 4.79 Å². The van der Waals surface area contributed by atoms with Crippen LogP contribution >= 0.6 is 0 Å². The SMILES string of the molecule is C#CCCO[C@]1(c2ccccc2)C=C2C(=O)N(Cc3ccccc3)c3cccc(c32)N2CCC[C@H]21. The Morgan fingerprint density at radius 3 is 2.49 bits per heavy atom. The maximum Gasteiger partial charge on any atom is 0.259 e. The van der Waals surface area contributed by atoms with E-state index in [1.165, 1.54) is 0 Å². The second-order valence-electron chi connectivity index (χ2n) is 9.42. The van der Waals surface area contributed by atoms with Crippen molar-refractivity contribution in [1.82, 2.24) is 0 Å². The van der Waals surface area contributed by atoms with Crippen LogP contribution in [0, 0.1) is 12.3 Å². The standard InChI is InChI=1S/C31H28N2O2/c1-2-3-20-35-31(24-14-8-5-9-15-24)21-25-29-26(32-19-11-18-28(31)32)16-10-17-27(29)33(30(25)34)22-23-12-6-4-7-13-23/h1,4-10,12-17,21,28H,3,11,18-20,22H2/t28-,31-/m0/s1.